The quantitative estimate of drug-likeness (QED) is 0.888. The molecule has 2 rings (SSSR count). The smallest absolute Gasteiger partial charge is 0.142 e. The highest BCUT2D eigenvalue weighted by molar-refractivity contribution is 6.31. The van der Waals surface area contributed by atoms with Crippen molar-refractivity contribution >= 4 is 11.6 Å². The highest BCUT2D eigenvalue weighted by Crippen LogP contribution is 2.31. The summed E-state index contributed by atoms with van der Waals surface area (Å²) in [6.07, 6.45) is 6.16. The van der Waals surface area contributed by atoms with Crippen molar-refractivity contribution in [2.24, 2.45) is 0 Å². The molecule has 0 aliphatic rings. The number of methoxy groups -OCH3 is 1. The van der Waals surface area contributed by atoms with Gasteiger partial charge in [-0.1, -0.05) is 18.5 Å². The minimum atomic E-state index is -0.110. The predicted molar refractivity (Wildman–Crippen MR) is 80.2 cm³/mol. The molecule has 0 saturated carbocycles. The average molecular weight is 292 g/mol. The second kappa shape index (κ2) is 7.22. The fourth-order valence-electron chi connectivity index (χ4n) is 2.05. The Balaban J connectivity index is 2.44. The van der Waals surface area contributed by atoms with E-state index in [1.807, 2.05) is 18.2 Å². The van der Waals surface area contributed by atoms with E-state index in [-0.39, 0.29) is 6.04 Å². The Morgan fingerprint density at radius 2 is 2.20 bits per heavy atom. The molecule has 0 radical (unpaired) electrons. The number of aromatic nitrogens is 2. The molecule has 0 spiro atoms. The Kier molecular flexibility index (Phi) is 5.32. The third-order valence-corrected chi connectivity index (χ3v) is 3.32. The molecule has 1 unspecified atom stereocenters. The SMILES string of the molecule is CCCNC(c1ccncc1Cl)c1ncccc1OC. The largest absolute Gasteiger partial charge is 0.495 e. The van der Waals surface area contributed by atoms with Gasteiger partial charge >= 0.3 is 0 Å². The number of hydrogen-bond donors (Lipinski definition) is 1. The van der Waals surface area contributed by atoms with E-state index in [9.17, 15) is 0 Å². The first-order valence-electron chi connectivity index (χ1n) is 6.59. The van der Waals surface area contributed by atoms with E-state index in [4.69, 9.17) is 16.3 Å². The van der Waals surface area contributed by atoms with Crippen LogP contribution in [0.2, 0.25) is 5.02 Å². The van der Waals surface area contributed by atoms with E-state index in [1.54, 1.807) is 25.7 Å². The maximum atomic E-state index is 6.27. The second-order valence-corrected chi connectivity index (χ2v) is 4.78. The number of pyridine rings is 2. The van der Waals surface area contributed by atoms with Gasteiger partial charge in [0.1, 0.15) is 11.4 Å². The molecule has 20 heavy (non-hydrogen) atoms. The van der Waals surface area contributed by atoms with Gasteiger partial charge in [0, 0.05) is 18.6 Å². The van der Waals surface area contributed by atoms with Crippen LogP contribution in [0, 0.1) is 0 Å². The minimum Gasteiger partial charge on any atom is -0.495 e. The number of nitrogens with zero attached hydrogens (tertiary/aromatic N) is 2. The first kappa shape index (κ1) is 14.8. The van der Waals surface area contributed by atoms with Gasteiger partial charge in [0.15, 0.2) is 0 Å². The van der Waals surface area contributed by atoms with Crippen LogP contribution in [0.1, 0.15) is 30.6 Å². The molecule has 2 aromatic rings. The van der Waals surface area contributed by atoms with Gasteiger partial charge in [-0.3, -0.25) is 9.97 Å². The Morgan fingerprint density at radius 1 is 1.35 bits per heavy atom. The van der Waals surface area contributed by atoms with Crippen LogP contribution in [0.15, 0.2) is 36.8 Å². The summed E-state index contributed by atoms with van der Waals surface area (Å²) in [6.45, 7) is 2.98. The maximum Gasteiger partial charge on any atom is 0.142 e. The summed E-state index contributed by atoms with van der Waals surface area (Å²) in [7, 11) is 1.64. The van der Waals surface area contributed by atoms with Gasteiger partial charge in [0.05, 0.1) is 18.2 Å². The lowest BCUT2D eigenvalue weighted by molar-refractivity contribution is 0.399. The zero-order valence-corrected chi connectivity index (χ0v) is 12.4. The molecule has 0 saturated heterocycles. The van der Waals surface area contributed by atoms with Crippen molar-refractivity contribution in [3.63, 3.8) is 0 Å². The monoisotopic (exact) mass is 291 g/mol. The van der Waals surface area contributed by atoms with Crippen LogP contribution < -0.4 is 10.1 Å². The first-order valence-corrected chi connectivity index (χ1v) is 6.97. The van der Waals surface area contributed by atoms with Crippen LogP contribution in [-0.2, 0) is 0 Å². The van der Waals surface area contributed by atoms with Crippen molar-refractivity contribution in [3.05, 3.63) is 53.1 Å². The van der Waals surface area contributed by atoms with Crippen molar-refractivity contribution in [2.75, 3.05) is 13.7 Å². The minimum absolute atomic E-state index is 0.110. The van der Waals surface area contributed by atoms with Crippen LogP contribution in [0.25, 0.3) is 0 Å². The van der Waals surface area contributed by atoms with Crippen LogP contribution in [-0.4, -0.2) is 23.6 Å². The van der Waals surface area contributed by atoms with Crippen molar-refractivity contribution in [3.8, 4) is 5.75 Å². The molecular formula is C15H18ClN3O. The summed E-state index contributed by atoms with van der Waals surface area (Å²) in [6, 6.07) is 5.55. The molecule has 4 nitrogen and oxygen atoms in total. The third-order valence-electron chi connectivity index (χ3n) is 3.01. The molecule has 0 aromatic carbocycles. The fourth-order valence-corrected chi connectivity index (χ4v) is 2.28. The van der Waals surface area contributed by atoms with E-state index in [0.717, 1.165) is 30.0 Å². The molecule has 0 bridgehead atoms. The predicted octanol–water partition coefficient (Wildman–Crippen LogP) is 3.23. The van der Waals surface area contributed by atoms with E-state index in [2.05, 4.69) is 22.2 Å². The number of ether oxygens (including phenoxy) is 1. The third kappa shape index (κ3) is 3.26. The lowest BCUT2D eigenvalue weighted by atomic mass is 10.0. The first-order chi connectivity index (χ1) is 9.77. The van der Waals surface area contributed by atoms with Gasteiger partial charge < -0.3 is 10.1 Å². The van der Waals surface area contributed by atoms with Crippen molar-refractivity contribution in [1.29, 1.82) is 0 Å². The van der Waals surface area contributed by atoms with Crippen LogP contribution in [0.5, 0.6) is 5.75 Å². The molecule has 1 atom stereocenters. The number of nitrogens with one attached hydrogen (secondary N) is 1. The van der Waals surface area contributed by atoms with Crippen molar-refractivity contribution in [2.45, 2.75) is 19.4 Å². The molecule has 0 amide bonds. The highest BCUT2D eigenvalue weighted by Gasteiger charge is 2.21. The van der Waals surface area contributed by atoms with Crippen LogP contribution in [0.4, 0.5) is 0 Å². The highest BCUT2D eigenvalue weighted by atomic mass is 35.5. The Bertz CT molecular complexity index is 562. The molecule has 2 aromatic heterocycles. The zero-order chi connectivity index (χ0) is 14.4. The summed E-state index contributed by atoms with van der Waals surface area (Å²) >= 11 is 6.27. The molecule has 106 valence electrons. The molecule has 5 heteroatoms. The summed E-state index contributed by atoms with van der Waals surface area (Å²) < 4.78 is 5.41. The lowest BCUT2D eigenvalue weighted by Crippen LogP contribution is -2.25. The van der Waals surface area contributed by atoms with Gasteiger partial charge in [0.2, 0.25) is 0 Å². The fraction of sp³-hybridized carbons (Fsp3) is 0.333. The number of hydrogen-bond acceptors (Lipinski definition) is 4. The van der Waals surface area contributed by atoms with Gasteiger partial charge in [-0.05, 0) is 36.7 Å². The molecule has 1 N–H and O–H groups in total. The van der Waals surface area contributed by atoms with Gasteiger partial charge in [-0.2, -0.15) is 0 Å². The molecule has 2 heterocycles. The zero-order valence-electron chi connectivity index (χ0n) is 11.6. The van der Waals surface area contributed by atoms with E-state index in [1.165, 1.54) is 0 Å². The Hall–Kier alpha value is -1.65. The van der Waals surface area contributed by atoms with Crippen LogP contribution in [0.3, 0.4) is 0 Å². The van der Waals surface area contributed by atoms with E-state index < -0.39 is 0 Å². The average Bonchev–Trinajstić information content (AvgIpc) is 2.49. The summed E-state index contributed by atoms with van der Waals surface area (Å²) in [5.41, 5.74) is 1.78. The number of halogens is 1. The normalized spacial score (nSPS) is 12.2. The lowest BCUT2D eigenvalue weighted by Gasteiger charge is -2.21. The molecular weight excluding hydrogens is 274 g/mol. The summed E-state index contributed by atoms with van der Waals surface area (Å²) in [5.74, 6) is 0.744. The number of rotatable bonds is 6. The Labute approximate surface area is 124 Å². The van der Waals surface area contributed by atoms with Gasteiger partial charge in [0.25, 0.3) is 0 Å². The van der Waals surface area contributed by atoms with E-state index >= 15 is 0 Å². The van der Waals surface area contributed by atoms with Gasteiger partial charge in [-0.15, -0.1) is 0 Å². The standard InChI is InChI=1S/C15H18ClN3O/c1-3-7-18-14(11-6-9-17-10-12(11)16)15-13(20-2)5-4-8-19-15/h4-6,8-10,14,18H,3,7H2,1-2H3. The molecule has 0 fully saturated rings. The summed E-state index contributed by atoms with van der Waals surface area (Å²) in [5, 5.41) is 4.08. The van der Waals surface area contributed by atoms with E-state index in [0.29, 0.717) is 5.02 Å². The molecule has 0 aliphatic heterocycles. The molecule has 0 aliphatic carbocycles. The Morgan fingerprint density at radius 3 is 2.90 bits per heavy atom. The van der Waals surface area contributed by atoms with Crippen LogP contribution >= 0.6 is 11.6 Å². The topological polar surface area (TPSA) is 47.0 Å². The van der Waals surface area contributed by atoms with Gasteiger partial charge in [-0.25, -0.2) is 0 Å². The maximum absolute atomic E-state index is 6.27. The van der Waals surface area contributed by atoms with Crippen molar-refractivity contribution < 1.29 is 4.74 Å². The van der Waals surface area contributed by atoms with Crippen molar-refractivity contribution in [1.82, 2.24) is 15.3 Å². The second-order valence-electron chi connectivity index (χ2n) is 4.38. The summed E-state index contributed by atoms with van der Waals surface area (Å²) in [4.78, 5) is 8.49.